The number of benzene rings is 2. The molecule has 1 saturated heterocycles. The highest BCUT2D eigenvalue weighted by molar-refractivity contribution is 6.92. The van der Waals surface area contributed by atoms with Crippen LogP contribution in [0.25, 0.3) is 11.1 Å². The van der Waals surface area contributed by atoms with Crippen LogP contribution in [-0.4, -0.2) is 14.7 Å². The van der Waals surface area contributed by atoms with Gasteiger partial charge in [0.05, 0.1) is 14.7 Å². The maximum atomic E-state index is 6.18. The van der Waals surface area contributed by atoms with Gasteiger partial charge in [-0.15, -0.1) is 0 Å². The smallest absolute Gasteiger partial charge is 0.119 e. The lowest BCUT2D eigenvalue weighted by Crippen LogP contribution is -2.48. The maximum Gasteiger partial charge on any atom is 0.119 e. The molecule has 0 atom stereocenters. The van der Waals surface area contributed by atoms with Crippen LogP contribution in [0.1, 0.15) is 71.6 Å². The van der Waals surface area contributed by atoms with Crippen LogP contribution in [0.15, 0.2) is 48.5 Å². The minimum absolute atomic E-state index is 0.843. The van der Waals surface area contributed by atoms with Gasteiger partial charge in [0.25, 0.3) is 0 Å². The number of unbranched alkanes of at least 4 members (excludes halogenated alkanes) is 4. The average molecular weight is 423 g/mol. The van der Waals surface area contributed by atoms with Crippen molar-refractivity contribution in [1.29, 1.82) is 0 Å². The molecular formula is C28H42OSi. The molecule has 30 heavy (non-hydrogen) atoms. The summed E-state index contributed by atoms with van der Waals surface area (Å²) in [5, 5.41) is 1.63. The highest BCUT2D eigenvalue weighted by atomic mass is 28.3. The lowest BCUT2D eigenvalue weighted by Gasteiger charge is -2.37. The van der Waals surface area contributed by atoms with E-state index in [0.29, 0.717) is 0 Å². The zero-order chi connectivity index (χ0) is 21.2. The van der Waals surface area contributed by atoms with Crippen LogP contribution in [-0.2, 0) is 0 Å². The molecule has 0 amide bonds. The van der Waals surface area contributed by atoms with Crippen molar-refractivity contribution in [3.63, 3.8) is 0 Å². The van der Waals surface area contributed by atoms with Gasteiger partial charge in [-0.1, -0.05) is 120 Å². The molecule has 1 nitrogen and oxygen atoms in total. The normalized spacial score (nSPS) is 21.5. The summed E-state index contributed by atoms with van der Waals surface area (Å²) < 4.78 is 6.18. The first-order valence-corrected chi connectivity index (χ1v) is 15.4. The van der Waals surface area contributed by atoms with Crippen molar-refractivity contribution in [3.8, 4) is 16.9 Å². The molecule has 3 rings (SSSR count). The zero-order valence-electron chi connectivity index (χ0n) is 19.6. The molecule has 0 unspecified atom stereocenters. The monoisotopic (exact) mass is 422 g/mol. The second kappa shape index (κ2) is 11.7. The van der Waals surface area contributed by atoms with E-state index in [-0.39, 0.29) is 0 Å². The molecule has 0 bridgehead atoms. The highest BCUT2D eigenvalue weighted by Gasteiger charge is 2.36. The van der Waals surface area contributed by atoms with Gasteiger partial charge in [0.15, 0.2) is 0 Å². The molecule has 0 N–H and O–H groups in total. The number of hydrogen-bond acceptors (Lipinski definition) is 1. The van der Waals surface area contributed by atoms with E-state index in [4.69, 9.17) is 4.74 Å². The van der Waals surface area contributed by atoms with E-state index in [0.717, 1.165) is 24.7 Å². The van der Waals surface area contributed by atoms with Crippen molar-refractivity contribution in [2.45, 2.75) is 90.3 Å². The van der Waals surface area contributed by atoms with Crippen LogP contribution >= 0.6 is 0 Å². The molecule has 1 aliphatic heterocycles. The fraction of sp³-hybridized carbons (Fsp3) is 0.571. The van der Waals surface area contributed by atoms with Gasteiger partial charge in [0.2, 0.25) is 0 Å². The van der Waals surface area contributed by atoms with Crippen molar-refractivity contribution in [3.05, 3.63) is 48.5 Å². The Morgan fingerprint density at radius 3 is 2.27 bits per heavy atom. The van der Waals surface area contributed by atoms with E-state index in [9.17, 15) is 0 Å². The standard InChI is InChI=1S/C28H42OSi/c1-4-6-9-13-24-18-21-30(3,22-19-24)28-23-26(29-20-12-7-5-2)16-17-27(28)25-14-10-8-11-15-25/h8,10-11,14-17,23-24H,4-7,9,12-13,18-22H2,1-3H3. The van der Waals surface area contributed by atoms with Gasteiger partial charge >= 0.3 is 0 Å². The van der Waals surface area contributed by atoms with Gasteiger partial charge in [0.1, 0.15) is 5.75 Å². The third-order valence-electron chi connectivity index (χ3n) is 7.17. The lowest BCUT2D eigenvalue weighted by atomic mass is 9.95. The molecule has 1 fully saturated rings. The zero-order valence-corrected chi connectivity index (χ0v) is 20.6. The van der Waals surface area contributed by atoms with Crippen LogP contribution in [0.2, 0.25) is 18.6 Å². The molecule has 0 spiro atoms. The Kier molecular flexibility index (Phi) is 9.05. The van der Waals surface area contributed by atoms with Gasteiger partial charge in [0, 0.05) is 0 Å². The first-order valence-electron chi connectivity index (χ1n) is 12.5. The quantitative estimate of drug-likeness (QED) is 0.262. The molecule has 0 radical (unpaired) electrons. The van der Waals surface area contributed by atoms with Crippen LogP contribution in [0.4, 0.5) is 0 Å². The minimum atomic E-state index is -1.50. The second-order valence-corrected chi connectivity index (χ2v) is 14.3. The van der Waals surface area contributed by atoms with Crippen LogP contribution < -0.4 is 9.92 Å². The Labute approximate surface area is 186 Å². The van der Waals surface area contributed by atoms with Crippen LogP contribution in [0, 0.1) is 5.92 Å². The summed E-state index contributed by atoms with van der Waals surface area (Å²) >= 11 is 0. The minimum Gasteiger partial charge on any atom is -0.494 e. The predicted molar refractivity (Wildman–Crippen MR) is 135 cm³/mol. The summed E-state index contributed by atoms with van der Waals surface area (Å²) in [6, 6.07) is 20.8. The predicted octanol–water partition coefficient (Wildman–Crippen LogP) is 8.20. The molecule has 1 aliphatic rings. The Bertz CT molecular complexity index is 746. The summed E-state index contributed by atoms with van der Waals surface area (Å²) in [6.45, 7) is 8.04. The Balaban J connectivity index is 1.79. The van der Waals surface area contributed by atoms with Gasteiger partial charge < -0.3 is 4.74 Å². The summed E-state index contributed by atoms with van der Waals surface area (Å²) in [5.74, 6) is 2.05. The molecule has 1 heterocycles. The van der Waals surface area contributed by atoms with Gasteiger partial charge in [-0.2, -0.15) is 0 Å². The van der Waals surface area contributed by atoms with E-state index in [1.807, 2.05) is 0 Å². The van der Waals surface area contributed by atoms with Crippen LogP contribution in [0.3, 0.4) is 0 Å². The summed E-state index contributed by atoms with van der Waals surface area (Å²) in [4.78, 5) is 0. The van der Waals surface area contributed by atoms with E-state index >= 15 is 0 Å². The van der Waals surface area contributed by atoms with Crippen LogP contribution in [0.5, 0.6) is 5.75 Å². The fourth-order valence-electron chi connectivity index (χ4n) is 5.08. The fourth-order valence-corrected chi connectivity index (χ4v) is 9.33. The van der Waals surface area contributed by atoms with E-state index in [2.05, 4.69) is 68.9 Å². The molecule has 2 aromatic carbocycles. The average Bonchev–Trinajstić information content (AvgIpc) is 2.79. The van der Waals surface area contributed by atoms with Crippen molar-refractivity contribution in [2.75, 3.05) is 6.61 Å². The number of hydrogen-bond donors (Lipinski definition) is 0. The van der Waals surface area contributed by atoms with E-state index in [1.165, 1.54) is 74.6 Å². The highest BCUT2D eigenvalue weighted by Crippen LogP contribution is 2.37. The molecule has 0 saturated carbocycles. The van der Waals surface area contributed by atoms with Gasteiger partial charge in [-0.3, -0.25) is 0 Å². The van der Waals surface area contributed by atoms with Crippen molar-refractivity contribution in [2.24, 2.45) is 5.92 Å². The maximum absolute atomic E-state index is 6.18. The first kappa shape index (κ1) is 23.1. The van der Waals surface area contributed by atoms with Crippen molar-refractivity contribution >= 4 is 13.3 Å². The van der Waals surface area contributed by atoms with E-state index < -0.39 is 8.07 Å². The van der Waals surface area contributed by atoms with Crippen molar-refractivity contribution in [1.82, 2.24) is 0 Å². The second-order valence-electron chi connectivity index (χ2n) is 9.63. The molecule has 2 aromatic rings. The Morgan fingerprint density at radius 1 is 0.867 bits per heavy atom. The molecular weight excluding hydrogens is 380 g/mol. The molecule has 164 valence electrons. The Morgan fingerprint density at radius 2 is 1.57 bits per heavy atom. The molecule has 2 heteroatoms. The number of ether oxygens (including phenoxy) is 1. The largest absolute Gasteiger partial charge is 0.494 e. The summed E-state index contributed by atoms with van der Waals surface area (Å²) in [7, 11) is -1.50. The van der Waals surface area contributed by atoms with E-state index in [1.54, 1.807) is 5.19 Å². The van der Waals surface area contributed by atoms with Gasteiger partial charge in [-0.25, -0.2) is 0 Å². The van der Waals surface area contributed by atoms with Crippen molar-refractivity contribution < 1.29 is 4.74 Å². The lowest BCUT2D eigenvalue weighted by molar-refractivity contribution is 0.306. The third-order valence-corrected chi connectivity index (χ3v) is 11.7. The molecule has 0 aromatic heterocycles. The summed E-state index contributed by atoms with van der Waals surface area (Å²) in [5.41, 5.74) is 2.82. The first-order chi connectivity index (χ1) is 14.7. The topological polar surface area (TPSA) is 9.23 Å². The number of rotatable bonds is 11. The summed E-state index contributed by atoms with van der Waals surface area (Å²) in [6.07, 6.45) is 12.1. The molecule has 0 aliphatic carbocycles. The Hall–Kier alpha value is -1.54. The SMILES string of the molecule is CCCCCOc1ccc(-c2ccccc2)c([Si]2(C)CCC(CCCCC)CC2)c1. The van der Waals surface area contributed by atoms with Gasteiger partial charge in [-0.05, 0) is 40.8 Å². The third kappa shape index (κ3) is 6.23.